The highest BCUT2D eigenvalue weighted by molar-refractivity contribution is 5.59. The van der Waals surface area contributed by atoms with Crippen molar-refractivity contribution in [3.8, 4) is 11.4 Å². The van der Waals surface area contributed by atoms with Crippen molar-refractivity contribution in [2.45, 2.75) is 46.1 Å². The molecule has 4 rings (SSSR count). The summed E-state index contributed by atoms with van der Waals surface area (Å²) in [5.74, 6) is -1.62. The maximum absolute atomic E-state index is 15.4. The first-order chi connectivity index (χ1) is 16.6. The maximum Gasteiger partial charge on any atom is 0.422 e. The van der Waals surface area contributed by atoms with Crippen molar-refractivity contribution < 1.29 is 27.0 Å². The summed E-state index contributed by atoms with van der Waals surface area (Å²) in [5.41, 5.74) is 1.08. The van der Waals surface area contributed by atoms with Crippen molar-refractivity contribution in [2.75, 3.05) is 31.2 Å². The molecule has 3 aromatic rings. The Bertz CT molecular complexity index is 1250. The lowest BCUT2D eigenvalue weighted by molar-refractivity contribution is -0.153. The molecule has 0 radical (unpaired) electrons. The molecular formula is C23H27F4N5O3. The monoisotopic (exact) mass is 497 g/mol. The molecule has 8 nitrogen and oxygen atoms in total. The highest BCUT2D eigenvalue weighted by atomic mass is 19.4. The van der Waals surface area contributed by atoms with Crippen molar-refractivity contribution in [3.05, 3.63) is 58.3 Å². The van der Waals surface area contributed by atoms with E-state index in [4.69, 9.17) is 9.47 Å². The summed E-state index contributed by atoms with van der Waals surface area (Å²) in [4.78, 5) is 15.1. The number of imidazole rings is 1. The van der Waals surface area contributed by atoms with E-state index in [2.05, 4.69) is 5.10 Å². The normalized spacial score (nSPS) is 16.7. The van der Waals surface area contributed by atoms with Crippen LogP contribution in [0.1, 0.15) is 25.1 Å². The first-order valence-corrected chi connectivity index (χ1v) is 11.3. The number of hydrogen-bond acceptors (Lipinski definition) is 5. The summed E-state index contributed by atoms with van der Waals surface area (Å²) in [6.07, 6.45) is 0.163. The zero-order chi connectivity index (χ0) is 25.3. The average molecular weight is 497 g/mol. The summed E-state index contributed by atoms with van der Waals surface area (Å²) in [6, 6.07) is 2.69. The molecule has 3 heterocycles. The first-order valence-electron chi connectivity index (χ1n) is 11.3. The van der Waals surface area contributed by atoms with Gasteiger partial charge >= 0.3 is 11.9 Å². The molecule has 0 amide bonds. The van der Waals surface area contributed by atoms with Crippen LogP contribution in [0.15, 0.2) is 35.5 Å². The van der Waals surface area contributed by atoms with Gasteiger partial charge in [-0.25, -0.2) is 9.18 Å². The Hall–Kier alpha value is -3.28. The second kappa shape index (κ2) is 9.76. The lowest BCUT2D eigenvalue weighted by Gasteiger charge is -2.33. The lowest BCUT2D eigenvalue weighted by Crippen LogP contribution is -2.41. The van der Waals surface area contributed by atoms with E-state index in [0.29, 0.717) is 37.6 Å². The predicted molar refractivity (Wildman–Crippen MR) is 121 cm³/mol. The fourth-order valence-electron chi connectivity index (χ4n) is 4.05. The number of nitrogens with zero attached hydrogens (tertiary/aromatic N) is 5. The summed E-state index contributed by atoms with van der Waals surface area (Å²) in [7, 11) is 0. The van der Waals surface area contributed by atoms with E-state index >= 15 is 4.39 Å². The van der Waals surface area contributed by atoms with E-state index in [1.165, 1.54) is 22.9 Å². The fourth-order valence-corrected chi connectivity index (χ4v) is 4.05. The van der Waals surface area contributed by atoms with Gasteiger partial charge in [-0.2, -0.15) is 18.3 Å². The van der Waals surface area contributed by atoms with Gasteiger partial charge in [0, 0.05) is 55.0 Å². The Morgan fingerprint density at radius 2 is 2.03 bits per heavy atom. The summed E-state index contributed by atoms with van der Waals surface area (Å²) < 4.78 is 68.5. The van der Waals surface area contributed by atoms with Crippen LogP contribution in [-0.4, -0.2) is 57.5 Å². The molecular weight excluding hydrogens is 470 g/mol. The van der Waals surface area contributed by atoms with E-state index in [1.54, 1.807) is 17.8 Å². The minimum Gasteiger partial charge on any atom is -0.481 e. The highest BCUT2D eigenvalue weighted by Crippen LogP contribution is 2.32. The summed E-state index contributed by atoms with van der Waals surface area (Å²) in [5, 5.41) is 4.20. The Labute approximate surface area is 199 Å². The molecule has 1 saturated heterocycles. The van der Waals surface area contributed by atoms with Crippen LogP contribution >= 0.6 is 0 Å². The number of rotatable bonds is 7. The topological polar surface area (TPSA) is 66.5 Å². The van der Waals surface area contributed by atoms with Crippen molar-refractivity contribution in [1.29, 1.82) is 0 Å². The van der Waals surface area contributed by atoms with Crippen LogP contribution in [0.2, 0.25) is 0 Å². The van der Waals surface area contributed by atoms with Crippen LogP contribution in [0.3, 0.4) is 0 Å². The summed E-state index contributed by atoms with van der Waals surface area (Å²) in [6.45, 7) is 6.08. The zero-order valence-electron chi connectivity index (χ0n) is 19.7. The molecule has 1 aliphatic rings. The van der Waals surface area contributed by atoms with Gasteiger partial charge in [0.1, 0.15) is 0 Å². The Kier molecular flexibility index (Phi) is 6.93. The van der Waals surface area contributed by atoms with Crippen molar-refractivity contribution in [3.63, 3.8) is 0 Å². The summed E-state index contributed by atoms with van der Waals surface area (Å²) >= 11 is 0. The molecule has 190 valence electrons. The van der Waals surface area contributed by atoms with E-state index in [0.717, 1.165) is 10.1 Å². The maximum atomic E-state index is 15.4. The van der Waals surface area contributed by atoms with Gasteiger partial charge in [-0.3, -0.25) is 13.8 Å². The number of morpholine rings is 1. The zero-order valence-corrected chi connectivity index (χ0v) is 19.7. The minimum absolute atomic E-state index is 0.119. The molecule has 35 heavy (non-hydrogen) atoms. The van der Waals surface area contributed by atoms with E-state index in [1.807, 2.05) is 24.9 Å². The molecule has 12 heteroatoms. The number of halogens is 4. The van der Waals surface area contributed by atoms with Gasteiger partial charge in [0.15, 0.2) is 18.2 Å². The van der Waals surface area contributed by atoms with Crippen LogP contribution in [0.25, 0.3) is 5.69 Å². The number of hydrogen-bond donors (Lipinski definition) is 0. The molecule has 0 spiro atoms. The molecule has 1 aliphatic heterocycles. The molecule has 1 fully saturated rings. The lowest BCUT2D eigenvalue weighted by atomic mass is 10.2. The fraction of sp³-hybridized carbons (Fsp3) is 0.478. The molecule has 1 aromatic carbocycles. The van der Waals surface area contributed by atoms with Crippen molar-refractivity contribution in [1.82, 2.24) is 18.9 Å². The number of ether oxygens (including phenoxy) is 2. The van der Waals surface area contributed by atoms with E-state index in [9.17, 15) is 18.0 Å². The van der Waals surface area contributed by atoms with Crippen LogP contribution in [-0.2, 0) is 17.8 Å². The van der Waals surface area contributed by atoms with Gasteiger partial charge in [0.25, 0.3) is 0 Å². The Morgan fingerprint density at radius 3 is 2.69 bits per heavy atom. The molecule has 1 atom stereocenters. The standard InChI is InChI=1S/C23H27F4N5O3/c1-4-30-12-17(9-28-30)13-31-15(2)10-32(22(31)33)19-7-18(29-5-6-34-16(3)11-29)8-20(21(19)24)35-14-23(25,26)27/h7-10,12,16H,4-6,11,13-14H2,1-3H3/t16-/m1/s1. The molecule has 0 unspecified atom stereocenters. The minimum atomic E-state index is -4.64. The molecule has 2 aromatic heterocycles. The third-order valence-electron chi connectivity index (χ3n) is 5.79. The van der Waals surface area contributed by atoms with Gasteiger partial charge in [-0.15, -0.1) is 0 Å². The number of aryl methyl sites for hydroxylation is 2. The van der Waals surface area contributed by atoms with Gasteiger partial charge in [0.2, 0.25) is 0 Å². The van der Waals surface area contributed by atoms with Crippen LogP contribution in [0.5, 0.6) is 5.75 Å². The molecule has 0 bridgehead atoms. The SMILES string of the molecule is CCn1cc(Cn2c(C)cn(-c3cc(N4CCO[C@H](C)C4)cc(OCC(F)(F)F)c3F)c2=O)cn1. The third kappa shape index (κ3) is 5.53. The Morgan fingerprint density at radius 1 is 1.26 bits per heavy atom. The van der Waals surface area contributed by atoms with Crippen LogP contribution in [0.4, 0.5) is 23.2 Å². The first kappa shape index (κ1) is 24.8. The second-order valence-corrected chi connectivity index (χ2v) is 8.52. The van der Waals surface area contributed by atoms with Crippen molar-refractivity contribution in [2.24, 2.45) is 0 Å². The predicted octanol–water partition coefficient (Wildman–Crippen LogP) is 3.52. The number of anilines is 1. The van der Waals surface area contributed by atoms with Gasteiger partial charge in [-0.1, -0.05) is 0 Å². The molecule has 0 aliphatic carbocycles. The smallest absolute Gasteiger partial charge is 0.422 e. The average Bonchev–Trinajstić information content (AvgIpc) is 3.37. The van der Waals surface area contributed by atoms with E-state index < -0.39 is 30.0 Å². The quantitative estimate of drug-likeness (QED) is 0.468. The molecule has 0 N–H and O–H groups in total. The Balaban J connectivity index is 1.76. The van der Waals surface area contributed by atoms with Gasteiger partial charge < -0.3 is 14.4 Å². The number of aromatic nitrogens is 4. The number of benzene rings is 1. The second-order valence-electron chi connectivity index (χ2n) is 8.52. The largest absolute Gasteiger partial charge is 0.481 e. The van der Waals surface area contributed by atoms with Gasteiger partial charge in [0.05, 0.1) is 31.1 Å². The van der Waals surface area contributed by atoms with E-state index in [-0.39, 0.29) is 18.3 Å². The number of alkyl halides is 3. The molecule has 0 saturated carbocycles. The van der Waals surface area contributed by atoms with Crippen LogP contribution in [0, 0.1) is 12.7 Å². The van der Waals surface area contributed by atoms with Gasteiger partial charge in [-0.05, 0) is 26.8 Å². The van der Waals surface area contributed by atoms with Crippen LogP contribution < -0.4 is 15.3 Å². The third-order valence-corrected chi connectivity index (χ3v) is 5.79. The van der Waals surface area contributed by atoms with Crippen molar-refractivity contribution >= 4 is 5.69 Å². The highest BCUT2D eigenvalue weighted by Gasteiger charge is 2.30.